The van der Waals surface area contributed by atoms with Crippen LogP contribution in [0.5, 0.6) is 0 Å². The summed E-state index contributed by atoms with van der Waals surface area (Å²) in [5.41, 5.74) is 4.76. The van der Waals surface area contributed by atoms with Gasteiger partial charge in [0.25, 0.3) is 5.56 Å². The number of fused-ring (bicyclic) bond motifs is 4. The van der Waals surface area contributed by atoms with Gasteiger partial charge in [-0.1, -0.05) is 42.5 Å². The molecule has 2 aromatic carbocycles. The lowest BCUT2D eigenvalue weighted by Gasteiger charge is -2.43. The van der Waals surface area contributed by atoms with Crippen LogP contribution in [0, 0.1) is 11.7 Å². The molecule has 28 heavy (non-hydrogen) atoms. The van der Waals surface area contributed by atoms with Crippen molar-refractivity contribution in [3.05, 3.63) is 94.2 Å². The van der Waals surface area contributed by atoms with Crippen LogP contribution in [0.2, 0.25) is 0 Å². The van der Waals surface area contributed by atoms with Crippen molar-refractivity contribution in [1.29, 1.82) is 0 Å². The van der Waals surface area contributed by atoms with Gasteiger partial charge in [0.1, 0.15) is 5.82 Å². The Labute approximate surface area is 164 Å². The molecule has 0 radical (unpaired) electrons. The molecule has 2 bridgehead atoms. The van der Waals surface area contributed by atoms with Gasteiger partial charge in [-0.2, -0.15) is 0 Å². The molecule has 0 aliphatic carbocycles. The average molecular weight is 374 g/mol. The van der Waals surface area contributed by atoms with Crippen molar-refractivity contribution >= 4 is 0 Å². The first-order valence-corrected chi connectivity index (χ1v) is 9.93. The molecule has 0 saturated carbocycles. The second-order valence-electron chi connectivity index (χ2n) is 8.07. The number of pyridine rings is 1. The summed E-state index contributed by atoms with van der Waals surface area (Å²) in [4.78, 5) is 15.1. The summed E-state index contributed by atoms with van der Waals surface area (Å²) in [6.45, 7) is 3.52. The van der Waals surface area contributed by atoms with E-state index >= 15 is 0 Å². The zero-order valence-corrected chi connectivity index (χ0v) is 15.7. The van der Waals surface area contributed by atoms with Gasteiger partial charge < -0.3 is 4.57 Å². The Bertz CT molecular complexity index is 1040. The van der Waals surface area contributed by atoms with Crippen LogP contribution in [-0.4, -0.2) is 22.6 Å². The summed E-state index contributed by atoms with van der Waals surface area (Å²) >= 11 is 0. The van der Waals surface area contributed by atoms with Crippen LogP contribution in [0.1, 0.15) is 23.6 Å². The van der Waals surface area contributed by atoms with E-state index in [1.54, 1.807) is 6.07 Å². The van der Waals surface area contributed by atoms with E-state index in [0.717, 1.165) is 38.2 Å². The third-order valence-electron chi connectivity index (χ3n) is 6.07. The number of likely N-dealkylation sites (tertiary alicyclic amines) is 1. The van der Waals surface area contributed by atoms with Gasteiger partial charge in [0, 0.05) is 49.4 Å². The maximum Gasteiger partial charge on any atom is 0.250 e. The first-order chi connectivity index (χ1) is 13.7. The number of piperidine rings is 1. The molecule has 1 saturated heterocycles. The molecule has 0 unspecified atom stereocenters. The highest BCUT2D eigenvalue weighted by Gasteiger charge is 2.36. The van der Waals surface area contributed by atoms with Crippen molar-refractivity contribution in [2.24, 2.45) is 5.92 Å². The molecule has 0 N–H and O–H groups in total. The highest BCUT2D eigenvalue weighted by Crippen LogP contribution is 2.40. The van der Waals surface area contributed by atoms with Gasteiger partial charge in [-0.05, 0) is 41.7 Å². The molecule has 0 amide bonds. The summed E-state index contributed by atoms with van der Waals surface area (Å²) < 4.78 is 15.2. The number of rotatable bonds is 3. The summed E-state index contributed by atoms with van der Waals surface area (Å²) in [6.07, 6.45) is 1.13. The molecule has 2 atom stereocenters. The van der Waals surface area contributed by atoms with Crippen LogP contribution in [-0.2, 0) is 13.1 Å². The second kappa shape index (κ2) is 7.02. The normalized spacial score (nSPS) is 21.3. The lowest BCUT2D eigenvalue weighted by molar-refractivity contribution is 0.114. The fourth-order valence-electron chi connectivity index (χ4n) is 4.95. The minimum absolute atomic E-state index is 0.108. The molecular weight excluding hydrogens is 351 g/mol. The molecule has 4 heteroatoms. The summed E-state index contributed by atoms with van der Waals surface area (Å²) in [5, 5.41) is 0. The van der Waals surface area contributed by atoms with E-state index in [4.69, 9.17) is 0 Å². The van der Waals surface area contributed by atoms with E-state index in [1.807, 2.05) is 41.0 Å². The molecule has 3 heterocycles. The standard InChI is InChI=1S/C24H23FN2O/c25-21-8-6-17(7-9-21)13-26-14-18-12-20(16-26)24-22(19-4-2-1-3-5-19)10-11-23(28)27(24)15-18/h1-11,18,20H,12-16H2/t18-,20-/m0/s1. The third-order valence-corrected chi connectivity index (χ3v) is 6.07. The van der Waals surface area contributed by atoms with E-state index in [-0.39, 0.29) is 11.4 Å². The van der Waals surface area contributed by atoms with Gasteiger partial charge in [0.15, 0.2) is 0 Å². The molecule has 1 aromatic heterocycles. The monoisotopic (exact) mass is 374 g/mol. The third kappa shape index (κ3) is 3.18. The number of benzene rings is 2. The number of aromatic nitrogens is 1. The maximum absolute atomic E-state index is 13.2. The highest BCUT2D eigenvalue weighted by atomic mass is 19.1. The van der Waals surface area contributed by atoms with Gasteiger partial charge in [0.05, 0.1) is 0 Å². The molecule has 2 aliphatic rings. The number of nitrogens with zero attached hydrogens (tertiary/aromatic N) is 2. The van der Waals surface area contributed by atoms with Gasteiger partial charge >= 0.3 is 0 Å². The van der Waals surface area contributed by atoms with Crippen molar-refractivity contribution < 1.29 is 4.39 Å². The van der Waals surface area contributed by atoms with Gasteiger partial charge in [-0.3, -0.25) is 9.69 Å². The molecule has 3 aromatic rings. The molecule has 0 spiro atoms. The first-order valence-electron chi connectivity index (χ1n) is 9.93. The van der Waals surface area contributed by atoms with Crippen molar-refractivity contribution in [2.45, 2.75) is 25.4 Å². The molecular formula is C24H23FN2O. The number of hydrogen-bond donors (Lipinski definition) is 0. The lowest BCUT2D eigenvalue weighted by atomic mass is 9.80. The fraction of sp³-hybridized carbons (Fsp3) is 0.292. The van der Waals surface area contributed by atoms with Gasteiger partial charge in [0.2, 0.25) is 0 Å². The zero-order chi connectivity index (χ0) is 19.1. The van der Waals surface area contributed by atoms with Gasteiger partial charge in [-0.15, -0.1) is 0 Å². The highest BCUT2D eigenvalue weighted by molar-refractivity contribution is 5.66. The fourth-order valence-corrected chi connectivity index (χ4v) is 4.95. The Balaban J connectivity index is 1.49. The summed E-state index contributed by atoms with van der Waals surface area (Å²) in [7, 11) is 0. The zero-order valence-electron chi connectivity index (χ0n) is 15.7. The molecule has 2 aliphatic heterocycles. The van der Waals surface area contributed by atoms with Crippen molar-refractivity contribution in [1.82, 2.24) is 9.47 Å². The predicted molar refractivity (Wildman–Crippen MR) is 109 cm³/mol. The minimum Gasteiger partial charge on any atom is -0.311 e. The van der Waals surface area contributed by atoms with Crippen LogP contribution in [0.4, 0.5) is 4.39 Å². The predicted octanol–water partition coefficient (Wildman–Crippen LogP) is 4.27. The topological polar surface area (TPSA) is 25.2 Å². The summed E-state index contributed by atoms with van der Waals surface area (Å²) in [5.74, 6) is 0.632. The Morgan fingerprint density at radius 2 is 1.68 bits per heavy atom. The quantitative estimate of drug-likeness (QED) is 0.684. The SMILES string of the molecule is O=c1ccc(-c2ccccc2)c2n1C[C@H]1C[C@H]2CN(Cc2ccc(F)cc2)C1. The van der Waals surface area contributed by atoms with E-state index in [1.165, 1.54) is 29.0 Å². The molecule has 1 fully saturated rings. The van der Waals surface area contributed by atoms with E-state index < -0.39 is 0 Å². The Hall–Kier alpha value is -2.72. The summed E-state index contributed by atoms with van der Waals surface area (Å²) in [6, 6.07) is 20.8. The Morgan fingerprint density at radius 3 is 2.46 bits per heavy atom. The van der Waals surface area contributed by atoms with Crippen LogP contribution in [0.15, 0.2) is 71.5 Å². The van der Waals surface area contributed by atoms with Crippen LogP contribution in [0.25, 0.3) is 11.1 Å². The first kappa shape index (κ1) is 17.4. The Morgan fingerprint density at radius 1 is 0.893 bits per heavy atom. The van der Waals surface area contributed by atoms with Gasteiger partial charge in [-0.25, -0.2) is 4.39 Å². The average Bonchev–Trinajstić information content (AvgIpc) is 2.71. The van der Waals surface area contributed by atoms with E-state index in [9.17, 15) is 9.18 Å². The number of halogens is 1. The van der Waals surface area contributed by atoms with E-state index in [2.05, 4.69) is 17.0 Å². The Kier molecular flexibility index (Phi) is 4.36. The molecule has 3 nitrogen and oxygen atoms in total. The minimum atomic E-state index is -0.194. The van der Waals surface area contributed by atoms with Crippen molar-refractivity contribution in [2.75, 3.05) is 13.1 Å². The maximum atomic E-state index is 13.2. The smallest absolute Gasteiger partial charge is 0.250 e. The number of hydrogen-bond acceptors (Lipinski definition) is 2. The molecule has 142 valence electrons. The lowest BCUT2D eigenvalue weighted by Crippen LogP contribution is -2.47. The molecule has 5 rings (SSSR count). The van der Waals surface area contributed by atoms with Crippen molar-refractivity contribution in [3.8, 4) is 11.1 Å². The largest absolute Gasteiger partial charge is 0.311 e. The van der Waals surface area contributed by atoms with Crippen LogP contribution in [0.3, 0.4) is 0 Å². The second-order valence-corrected chi connectivity index (χ2v) is 8.07. The van der Waals surface area contributed by atoms with Crippen LogP contribution < -0.4 is 5.56 Å². The van der Waals surface area contributed by atoms with Crippen molar-refractivity contribution in [3.63, 3.8) is 0 Å². The van der Waals surface area contributed by atoms with E-state index in [0.29, 0.717) is 11.8 Å². The van der Waals surface area contributed by atoms with Crippen LogP contribution >= 0.6 is 0 Å².